The van der Waals surface area contributed by atoms with E-state index in [-0.39, 0.29) is 12.5 Å². The standard InChI is InChI=1S/C19H29NO4/c1-15-9-10-17(18(13-15)22-2)24-14-19(21)20-11-6-12-23-16-7-4-3-5-8-16/h9-10,13,16H,3-8,11-12,14H2,1-2H3,(H,20,21). The normalized spacial score (nSPS) is 15.1. The van der Waals surface area contributed by atoms with E-state index in [4.69, 9.17) is 14.2 Å². The fourth-order valence-electron chi connectivity index (χ4n) is 2.87. The van der Waals surface area contributed by atoms with Gasteiger partial charge in [-0.05, 0) is 43.9 Å². The summed E-state index contributed by atoms with van der Waals surface area (Å²) in [4.78, 5) is 11.8. The SMILES string of the molecule is COc1cc(C)ccc1OCC(=O)NCCCOC1CCCCC1. The van der Waals surface area contributed by atoms with Gasteiger partial charge in [0.05, 0.1) is 13.2 Å². The van der Waals surface area contributed by atoms with Crippen molar-refractivity contribution < 1.29 is 19.0 Å². The number of benzene rings is 1. The molecule has 1 amide bonds. The Labute approximate surface area is 144 Å². The summed E-state index contributed by atoms with van der Waals surface area (Å²) in [7, 11) is 1.59. The molecule has 2 rings (SSSR count). The Morgan fingerprint density at radius 2 is 2.00 bits per heavy atom. The lowest BCUT2D eigenvalue weighted by Gasteiger charge is -2.21. The molecule has 0 spiro atoms. The van der Waals surface area contributed by atoms with E-state index in [1.165, 1.54) is 32.1 Å². The predicted octanol–water partition coefficient (Wildman–Crippen LogP) is 3.24. The Bertz CT molecular complexity index is 512. The summed E-state index contributed by atoms with van der Waals surface area (Å²) in [5.41, 5.74) is 1.08. The summed E-state index contributed by atoms with van der Waals surface area (Å²) in [6.45, 7) is 3.29. The molecule has 1 aromatic rings. The van der Waals surface area contributed by atoms with Crippen molar-refractivity contribution in [1.29, 1.82) is 0 Å². The molecule has 0 aliphatic heterocycles. The molecule has 0 saturated heterocycles. The highest BCUT2D eigenvalue weighted by Crippen LogP contribution is 2.27. The van der Waals surface area contributed by atoms with E-state index in [0.717, 1.165) is 12.0 Å². The molecule has 0 unspecified atom stereocenters. The molecule has 5 nitrogen and oxygen atoms in total. The van der Waals surface area contributed by atoms with Crippen LogP contribution in [0.15, 0.2) is 18.2 Å². The number of ether oxygens (including phenoxy) is 3. The van der Waals surface area contributed by atoms with Crippen molar-refractivity contribution >= 4 is 5.91 Å². The minimum absolute atomic E-state index is 0.0110. The van der Waals surface area contributed by atoms with E-state index in [1.807, 2.05) is 25.1 Å². The van der Waals surface area contributed by atoms with E-state index in [0.29, 0.717) is 30.8 Å². The zero-order valence-electron chi connectivity index (χ0n) is 14.8. The second kappa shape index (κ2) is 10.2. The lowest BCUT2D eigenvalue weighted by atomic mass is 9.98. The molecule has 5 heteroatoms. The van der Waals surface area contributed by atoms with Crippen molar-refractivity contribution in [3.8, 4) is 11.5 Å². The second-order valence-corrected chi connectivity index (χ2v) is 6.28. The topological polar surface area (TPSA) is 56.8 Å². The van der Waals surface area contributed by atoms with Crippen LogP contribution in [0, 0.1) is 6.92 Å². The molecule has 134 valence electrons. The summed E-state index contributed by atoms with van der Waals surface area (Å²) in [5.74, 6) is 1.10. The van der Waals surface area contributed by atoms with Crippen molar-refractivity contribution in [1.82, 2.24) is 5.32 Å². The Morgan fingerprint density at radius 1 is 1.21 bits per heavy atom. The maximum atomic E-state index is 11.8. The van der Waals surface area contributed by atoms with Crippen LogP contribution in [0.4, 0.5) is 0 Å². The van der Waals surface area contributed by atoms with Crippen molar-refractivity contribution in [2.45, 2.75) is 51.6 Å². The molecule has 1 aliphatic carbocycles. The number of aryl methyl sites for hydroxylation is 1. The summed E-state index contributed by atoms with van der Waals surface area (Å²) >= 11 is 0. The molecule has 0 heterocycles. The summed E-state index contributed by atoms with van der Waals surface area (Å²) in [6, 6.07) is 5.63. The van der Waals surface area contributed by atoms with Gasteiger partial charge in [0.1, 0.15) is 0 Å². The van der Waals surface area contributed by atoms with Crippen molar-refractivity contribution in [3.63, 3.8) is 0 Å². The van der Waals surface area contributed by atoms with Crippen LogP contribution < -0.4 is 14.8 Å². The third kappa shape index (κ3) is 6.40. The third-order valence-electron chi connectivity index (χ3n) is 4.23. The van der Waals surface area contributed by atoms with Crippen LogP contribution in [0.3, 0.4) is 0 Å². The van der Waals surface area contributed by atoms with Crippen LogP contribution in [0.1, 0.15) is 44.1 Å². The maximum absolute atomic E-state index is 11.8. The number of carbonyl (C=O) groups is 1. The smallest absolute Gasteiger partial charge is 0.257 e. The number of amides is 1. The lowest BCUT2D eigenvalue weighted by Crippen LogP contribution is -2.30. The minimum atomic E-state index is -0.129. The van der Waals surface area contributed by atoms with Gasteiger partial charge in [0.25, 0.3) is 5.91 Å². The van der Waals surface area contributed by atoms with Gasteiger partial charge in [-0.3, -0.25) is 4.79 Å². The monoisotopic (exact) mass is 335 g/mol. The van der Waals surface area contributed by atoms with Crippen molar-refractivity contribution in [3.05, 3.63) is 23.8 Å². The van der Waals surface area contributed by atoms with Crippen LogP contribution in [-0.2, 0) is 9.53 Å². The van der Waals surface area contributed by atoms with E-state index >= 15 is 0 Å². The van der Waals surface area contributed by atoms with Crippen LogP contribution in [0.2, 0.25) is 0 Å². The highest BCUT2D eigenvalue weighted by Gasteiger charge is 2.13. The van der Waals surface area contributed by atoms with Crippen molar-refractivity contribution in [2.75, 3.05) is 26.9 Å². The first kappa shape index (κ1) is 18.6. The summed E-state index contributed by atoms with van der Waals surface area (Å²) < 4.78 is 16.6. The Morgan fingerprint density at radius 3 is 2.75 bits per heavy atom. The molecule has 0 bridgehead atoms. The Kier molecular flexibility index (Phi) is 7.89. The molecular weight excluding hydrogens is 306 g/mol. The third-order valence-corrected chi connectivity index (χ3v) is 4.23. The molecular formula is C19H29NO4. The predicted molar refractivity (Wildman–Crippen MR) is 93.7 cm³/mol. The molecule has 0 radical (unpaired) electrons. The number of hydrogen-bond donors (Lipinski definition) is 1. The first-order valence-electron chi connectivity index (χ1n) is 8.85. The van der Waals surface area contributed by atoms with Crippen LogP contribution >= 0.6 is 0 Å². The first-order chi connectivity index (χ1) is 11.7. The number of carbonyl (C=O) groups excluding carboxylic acids is 1. The van der Waals surface area contributed by atoms with Gasteiger partial charge >= 0.3 is 0 Å². The number of methoxy groups -OCH3 is 1. The lowest BCUT2D eigenvalue weighted by molar-refractivity contribution is -0.123. The van der Waals surface area contributed by atoms with Gasteiger partial charge in [-0.25, -0.2) is 0 Å². The zero-order chi connectivity index (χ0) is 17.2. The Hall–Kier alpha value is -1.75. The maximum Gasteiger partial charge on any atom is 0.257 e. The molecule has 0 aromatic heterocycles. The van der Waals surface area contributed by atoms with Gasteiger partial charge in [-0.1, -0.05) is 25.3 Å². The van der Waals surface area contributed by atoms with E-state index in [2.05, 4.69) is 5.32 Å². The van der Waals surface area contributed by atoms with Crippen LogP contribution in [0.25, 0.3) is 0 Å². The van der Waals surface area contributed by atoms with Gasteiger partial charge in [-0.2, -0.15) is 0 Å². The second-order valence-electron chi connectivity index (χ2n) is 6.28. The zero-order valence-corrected chi connectivity index (χ0v) is 14.8. The van der Waals surface area contributed by atoms with Gasteiger partial charge in [0.2, 0.25) is 0 Å². The van der Waals surface area contributed by atoms with E-state index in [9.17, 15) is 4.79 Å². The Balaban J connectivity index is 1.58. The molecule has 1 aromatic carbocycles. The van der Waals surface area contributed by atoms with Crippen LogP contribution in [-0.4, -0.2) is 38.9 Å². The van der Waals surface area contributed by atoms with Crippen molar-refractivity contribution in [2.24, 2.45) is 0 Å². The number of hydrogen-bond acceptors (Lipinski definition) is 4. The highest BCUT2D eigenvalue weighted by molar-refractivity contribution is 5.77. The van der Waals surface area contributed by atoms with Gasteiger partial charge < -0.3 is 19.5 Å². The molecule has 1 N–H and O–H groups in total. The molecule has 1 fully saturated rings. The quantitative estimate of drug-likeness (QED) is 0.704. The summed E-state index contributed by atoms with van der Waals surface area (Å²) in [5, 5.41) is 2.85. The van der Waals surface area contributed by atoms with E-state index in [1.54, 1.807) is 7.11 Å². The highest BCUT2D eigenvalue weighted by atomic mass is 16.5. The molecule has 0 atom stereocenters. The van der Waals surface area contributed by atoms with Crippen LogP contribution in [0.5, 0.6) is 11.5 Å². The fourth-order valence-corrected chi connectivity index (χ4v) is 2.87. The minimum Gasteiger partial charge on any atom is -0.493 e. The van der Waals surface area contributed by atoms with Gasteiger partial charge in [0.15, 0.2) is 18.1 Å². The summed E-state index contributed by atoms with van der Waals surface area (Å²) in [6.07, 6.45) is 7.50. The van der Waals surface area contributed by atoms with Gasteiger partial charge in [0, 0.05) is 13.2 Å². The first-order valence-corrected chi connectivity index (χ1v) is 8.85. The van der Waals surface area contributed by atoms with Gasteiger partial charge in [-0.15, -0.1) is 0 Å². The van der Waals surface area contributed by atoms with E-state index < -0.39 is 0 Å². The number of rotatable bonds is 9. The molecule has 1 aliphatic rings. The number of nitrogens with one attached hydrogen (secondary N) is 1. The fraction of sp³-hybridized carbons (Fsp3) is 0.632. The molecule has 24 heavy (non-hydrogen) atoms. The largest absolute Gasteiger partial charge is 0.493 e. The molecule has 1 saturated carbocycles. The average Bonchev–Trinajstić information content (AvgIpc) is 2.61. The average molecular weight is 335 g/mol.